The maximum atomic E-state index is 12.4. The van der Waals surface area contributed by atoms with Crippen LogP contribution in [-0.2, 0) is 4.79 Å². The van der Waals surface area contributed by atoms with Gasteiger partial charge >= 0.3 is 5.97 Å². The first-order chi connectivity index (χ1) is 11.5. The van der Waals surface area contributed by atoms with Gasteiger partial charge in [0.15, 0.2) is 0 Å². The summed E-state index contributed by atoms with van der Waals surface area (Å²) in [4.78, 5) is 27.9. The molecule has 0 aromatic heterocycles. The quantitative estimate of drug-likeness (QED) is 0.640. The summed E-state index contributed by atoms with van der Waals surface area (Å²) >= 11 is 0. The Balaban J connectivity index is 1.77. The Morgan fingerprint density at radius 2 is 1.92 bits per heavy atom. The first kappa shape index (κ1) is 16.1. The standard InChI is InChI=1S/C19H20N2O3/c1-20(2)15-7-3-6-14(12-15)19(23)24-17-9-4-8-16(13-17)21-11-5-10-18(21)22/h3-4,6-9,12-13H,5,10-11H2,1-2H3. The molecule has 0 spiro atoms. The molecule has 0 aliphatic carbocycles. The minimum atomic E-state index is -0.413. The molecule has 1 amide bonds. The number of amides is 1. The summed E-state index contributed by atoms with van der Waals surface area (Å²) in [6.45, 7) is 0.709. The highest BCUT2D eigenvalue weighted by atomic mass is 16.5. The van der Waals surface area contributed by atoms with Gasteiger partial charge < -0.3 is 14.5 Å². The van der Waals surface area contributed by atoms with E-state index in [1.54, 1.807) is 35.2 Å². The van der Waals surface area contributed by atoms with Crippen LogP contribution >= 0.6 is 0 Å². The van der Waals surface area contributed by atoms with Crippen molar-refractivity contribution in [1.82, 2.24) is 0 Å². The molecule has 3 rings (SSSR count). The smallest absolute Gasteiger partial charge is 0.343 e. The van der Waals surface area contributed by atoms with E-state index in [9.17, 15) is 9.59 Å². The van der Waals surface area contributed by atoms with E-state index in [0.717, 1.165) is 17.8 Å². The molecule has 124 valence electrons. The van der Waals surface area contributed by atoms with Crippen molar-refractivity contribution >= 4 is 23.3 Å². The molecule has 0 bridgehead atoms. The minimum absolute atomic E-state index is 0.108. The van der Waals surface area contributed by atoms with E-state index in [4.69, 9.17) is 4.74 Å². The van der Waals surface area contributed by atoms with Gasteiger partial charge in [0.1, 0.15) is 5.75 Å². The Hall–Kier alpha value is -2.82. The van der Waals surface area contributed by atoms with E-state index in [-0.39, 0.29) is 5.91 Å². The summed E-state index contributed by atoms with van der Waals surface area (Å²) in [6.07, 6.45) is 1.43. The number of rotatable bonds is 4. The summed E-state index contributed by atoms with van der Waals surface area (Å²) < 4.78 is 5.48. The van der Waals surface area contributed by atoms with Crippen molar-refractivity contribution in [3.63, 3.8) is 0 Å². The maximum Gasteiger partial charge on any atom is 0.343 e. The third-order valence-electron chi connectivity index (χ3n) is 4.01. The van der Waals surface area contributed by atoms with Gasteiger partial charge in [-0.05, 0) is 36.8 Å². The van der Waals surface area contributed by atoms with Crippen molar-refractivity contribution in [2.24, 2.45) is 0 Å². The lowest BCUT2D eigenvalue weighted by atomic mass is 10.2. The van der Waals surface area contributed by atoms with Crippen LogP contribution in [0.4, 0.5) is 11.4 Å². The van der Waals surface area contributed by atoms with Gasteiger partial charge in [0.2, 0.25) is 5.91 Å². The number of esters is 1. The molecule has 0 unspecified atom stereocenters. The molecule has 1 aliphatic rings. The van der Waals surface area contributed by atoms with Crippen LogP contribution < -0.4 is 14.5 Å². The second kappa shape index (κ2) is 6.74. The predicted octanol–water partition coefficient (Wildman–Crippen LogP) is 3.10. The van der Waals surface area contributed by atoms with Crippen LogP contribution in [0.15, 0.2) is 48.5 Å². The first-order valence-corrected chi connectivity index (χ1v) is 7.94. The Kier molecular flexibility index (Phi) is 4.51. The fourth-order valence-electron chi connectivity index (χ4n) is 2.71. The van der Waals surface area contributed by atoms with Crippen molar-refractivity contribution in [2.45, 2.75) is 12.8 Å². The lowest BCUT2D eigenvalue weighted by molar-refractivity contribution is -0.117. The zero-order valence-corrected chi connectivity index (χ0v) is 13.9. The summed E-state index contributed by atoms with van der Waals surface area (Å²) in [5.74, 6) is 0.133. The van der Waals surface area contributed by atoms with E-state index in [1.165, 1.54) is 0 Å². The summed E-state index contributed by atoms with van der Waals surface area (Å²) in [6, 6.07) is 14.4. The van der Waals surface area contributed by atoms with Crippen LogP contribution in [-0.4, -0.2) is 32.5 Å². The van der Waals surface area contributed by atoms with Gasteiger partial charge in [-0.25, -0.2) is 4.79 Å². The number of carbonyl (C=O) groups is 2. The molecule has 1 saturated heterocycles. The second-order valence-corrected chi connectivity index (χ2v) is 5.98. The van der Waals surface area contributed by atoms with E-state index < -0.39 is 5.97 Å². The third kappa shape index (κ3) is 3.40. The zero-order valence-electron chi connectivity index (χ0n) is 13.9. The fraction of sp³-hybridized carbons (Fsp3) is 0.263. The van der Waals surface area contributed by atoms with Crippen LogP contribution in [0.1, 0.15) is 23.2 Å². The second-order valence-electron chi connectivity index (χ2n) is 5.98. The highest BCUT2D eigenvalue weighted by molar-refractivity contribution is 5.96. The van der Waals surface area contributed by atoms with Gasteiger partial charge in [-0.15, -0.1) is 0 Å². The van der Waals surface area contributed by atoms with Crippen LogP contribution in [0.25, 0.3) is 0 Å². The van der Waals surface area contributed by atoms with Crippen molar-refractivity contribution in [2.75, 3.05) is 30.4 Å². The van der Waals surface area contributed by atoms with Crippen LogP contribution in [0.2, 0.25) is 0 Å². The van der Waals surface area contributed by atoms with Crippen molar-refractivity contribution in [3.05, 3.63) is 54.1 Å². The molecule has 24 heavy (non-hydrogen) atoms. The molecule has 5 heteroatoms. The van der Waals surface area contributed by atoms with Crippen molar-refractivity contribution in [3.8, 4) is 5.75 Å². The molecule has 0 radical (unpaired) electrons. The summed E-state index contributed by atoms with van der Waals surface area (Å²) in [5, 5.41) is 0. The summed E-state index contributed by atoms with van der Waals surface area (Å²) in [5.41, 5.74) is 2.19. The Bertz CT molecular complexity index is 771. The average Bonchev–Trinajstić information content (AvgIpc) is 3.01. The molecular formula is C19H20N2O3. The van der Waals surface area contributed by atoms with E-state index >= 15 is 0 Å². The maximum absolute atomic E-state index is 12.4. The number of hydrogen-bond donors (Lipinski definition) is 0. The predicted molar refractivity (Wildman–Crippen MR) is 93.8 cm³/mol. The van der Waals surface area contributed by atoms with Gasteiger partial charge in [0, 0.05) is 44.5 Å². The molecule has 2 aromatic carbocycles. The molecular weight excluding hydrogens is 304 g/mol. The largest absolute Gasteiger partial charge is 0.423 e. The van der Waals surface area contributed by atoms with Crippen molar-refractivity contribution in [1.29, 1.82) is 0 Å². The Labute approximate surface area is 141 Å². The third-order valence-corrected chi connectivity index (χ3v) is 4.01. The summed E-state index contributed by atoms with van der Waals surface area (Å²) in [7, 11) is 3.84. The first-order valence-electron chi connectivity index (χ1n) is 7.94. The topological polar surface area (TPSA) is 49.9 Å². The number of nitrogens with zero attached hydrogens (tertiary/aromatic N) is 2. The number of hydrogen-bond acceptors (Lipinski definition) is 4. The van der Waals surface area contributed by atoms with Gasteiger partial charge in [-0.2, -0.15) is 0 Å². The van der Waals surface area contributed by atoms with E-state index in [0.29, 0.717) is 24.3 Å². The molecule has 2 aromatic rings. The van der Waals surface area contributed by atoms with Crippen LogP contribution in [0.5, 0.6) is 5.75 Å². The highest BCUT2D eigenvalue weighted by Crippen LogP contribution is 2.26. The molecule has 0 N–H and O–H groups in total. The lowest BCUT2D eigenvalue weighted by Crippen LogP contribution is -2.23. The van der Waals surface area contributed by atoms with Crippen LogP contribution in [0, 0.1) is 0 Å². The molecule has 1 fully saturated rings. The zero-order chi connectivity index (χ0) is 17.1. The Morgan fingerprint density at radius 1 is 1.12 bits per heavy atom. The van der Waals surface area contributed by atoms with E-state index in [1.807, 2.05) is 37.2 Å². The molecule has 1 aliphatic heterocycles. The van der Waals surface area contributed by atoms with Crippen molar-refractivity contribution < 1.29 is 14.3 Å². The van der Waals surface area contributed by atoms with E-state index in [2.05, 4.69) is 0 Å². The molecule has 0 atom stereocenters. The fourth-order valence-corrected chi connectivity index (χ4v) is 2.71. The average molecular weight is 324 g/mol. The number of anilines is 2. The Morgan fingerprint density at radius 3 is 2.62 bits per heavy atom. The molecule has 1 heterocycles. The van der Waals surface area contributed by atoms with Gasteiger partial charge in [0.25, 0.3) is 0 Å². The molecule has 0 saturated carbocycles. The normalized spacial score (nSPS) is 13.9. The SMILES string of the molecule is CN(C)c1cccc(C(=O)Oc2cccc(N3CCCC3=O)c2)c1. The monoisotopic (exact) mass is 324 g/mol. The molecule has 5 nitrogen and oxygen atoms in total. The minimum Gasteiger partial charge on any atom is -0.423 e. The number of benzene rings is 2. The highest BCUT2D eigenvalue weighted by Gasteiger charge is 2.22. The van der Waals surface area contributed by atoms with Gasteiger partial charge in [0.05, 0.1) is 5.56 Å². The number of carbonyl (C=O) groups excluding carboxylic acids is 2. The lowest BCUT2D eigenvalue weighted by Gasteiger charge is -2.16. The van der Waals surface area contributed by atoms with Gasteiger partial charge in [-0.3, -0.25) is 4.79 Å². The van der Waals surface area contributed by atoms with Crippen LogP contribution in [0.3, 0.4) is 0 Å². The number of ether oxygens (including phenoxy) is 1. The van der Waals surface area contributed by atoms with Gasteiger partial charge in [-0.1, -0.05) is 12.1 Å².